The molecule has 2 aromatic carbocycles. The first-order chi connectivity index (χ1) is 16.3. The summed E-state index contributed by atoms with van der Waals surface area (Å²) in [6, 6.07) is 12.4. The molecule has 0 N–H and O–H groups in total. The van der Waals surface area contributed by atoms with Crippen molar-refractivity contribution in [1.82, 2.24) is 14.2 Å². The lowest BCUT2D eigenvalue weighted by Gasteiger charge is -2.25. The Labute approximate surface area is 218 Å². The second kappa shape index (κ2) is 11.8. The molecule has 0 unspecified atom stereocenters. The van der Waals surface area contributed by atoms with Gasteiger partial charge < -0.3 is 4.90 Å². The van der Waals surface area contributed by atoms with Gasteiger partial charge in [-0.1, -0.05) is 31.3 Å². The Hall–Kier alpha value is -2.04. The lowest BCUT2D eigenvalue weighted by molar-refractivity contribution is 0.0983. The number of hydrogen-bond acceptors (Lipinski definition) is 6. The van der Waals surface area contributed by atoms with Gasteiger partial charge >= 0.3 is 0 Å². The zero-order valence-electron chi connectivity index (χ0n) is 20.4. The number of carbonyl (C=O) groups excluding carboxylic acids is 1. The molecule has 0 saturated carbocycles. The van der Waals surface area contributed by atoms with Gasteiger partial charge in [-0.3, -0.25) is 9.69 Å². The Morgan fingerprint density at radius 3 is 2.31 bits per heavy atom. The third-order valence-corrected chi connectivity index (χ3v) is 9.30. The molecule has 35 heavy (non-hydrogen) atoms. The van der Waals surface area contributed by atoms with Crippen molar-refractivity contribution in [2.45, 2.75) is 38.5 Å². The Morgan fingerprint density at radius 2 is 1.69 bits per heavy atom. The fourth-order valence-electron chi connectivity index (χ4n) is 4.20. The van der Waals surface area contributed by atoms with Gasteiger partial charge in [0.05, 0.1) is 15.1 Å². The first-order valence-electron chi connectivity index (χ1n) is 11.8. The predicted molar refractivity (Wildman–Crippen MR) is 146 cm³/mol. The van der Waals surface area contributed by atoms with Crippen molar-refractivity contribution in [1.29, 1.82) is 0 Å². The number of likely N-dealkylation sites (N-methyl/N-ethyl adjacent to an activating group) is 1. The highest BCUT2D eigenvalue weighted by molar-refractivity contribution is 7.89. The summed E-state index contributed by atoms with van der Waals surface area (Å²) in [5, 5.41) is 0.659. The molecular weight excluding hydrogens is 504 g/mol. The Bertz CT molecular complexity index is 1250. The van der Waals surface area contributed by atoms with Crippen LogP contribution in [0.2, 0.25) is 0 Å². The molecule has 7 nitrogen and oxygen atoms in total. The van der Waals surface area contributed by atoms with Crippen LogP contribution in [0.15, 0.2) is 47.4 Å². The van der Waals surface area contributed by atoms with Crippen molar-refractivity contribution in [3.63, 3.8) is 0 Å². The highest BCUT2D eigenvalue weighted by Crippen LogP contribution is 2.31. The topological polar surface area (TPSA) is 73.8 Å². The zero-order chi connectivity index (χ0) is 24.3. The number of carbonyl (C=O) groups is 1. The summed E-state index contributed by atoms with van der Waals surface area (Å²) in [5.74, 6) is -0.173. The van der Waals surface area contributed by atoms with Gasteiger partial charge in [-0.05, 0) is 74.8 Å². The van der Waals surface area contributed by atoms with Gasteiger partial charge in [0, 0.05) is 31.7 Å². The van der Waals surface area contributed by atoms with E-state index in [-0.39, 0.29) is 23.2 Å². The average Bonchev–Trinajstić information content (AvgIpc) is 3.52. The van der Waals surface area contributed by atoms with E-state index in [9.17, 15) is 13.2 Å². The first kappa shape index (κ1) is 27.5. The molecule has 2 heterocycles. The highest BCUT2D eigenvalue weighted by atomic mass is 35.5. The van der Waals surface area contributed by atoms with Crippen molar-refractivity contribution < 1.29 is 13.2 Å². The molecular formula is C25H33ClN4O3S2. The molecule has 0 aliphatic carbocycles. The summed E-state index contributed by atoms with van der Waals surface area (Å²) < 4.78 is 28.3. The second-order valence-electron chi connectivity index (χ2n) is 8.59. The maximum atomic E-state index is 13.6. The van der Waals surface area contributed by atoms with E-state index in [4.69, 9.17) is 4.98 Å². The van der Waals surface area contributed by atoms with E-state index in [2.05, 4.69) is 24.8 Å². The van der Waals surface area contributed by atoms with Crippen molar-refractivity contribution in [2.24, 2.45) is 0 Å². The summed E-state index contributed by atoms with van der Waals surface area (Å²) in [7, 11) is -3.51. The molecule has 10 heteroatoms. The number of aromatic nitrogens is 1. The van der Waals surface area contributed by atoms with E-state index in [1.165, 1.54) is 15.6 Å². The molecule has 3 aromatic rings. The summed E-state index contributed by atoms with van der Waals surface area (Å²) in [4.78, 5) is 22.6. The minimum absolute atomic E-state index is 0. The third-order valence-electron chi connectivity index (χ3n) is 6.35. The van der Waals surface area contributed by atoms with Crippen molar-refractivity contribution >= 4 is 55.0 Å². The van der Waals surface area contributed by atoms with Crippen LogP contribution in [0.5, 0.6) is 0 Å². The molecule has 0 spiro atoms. The minimum atomic E-state index is -3.51. The number of benzene rings is 2. The lowest BCUT2D eigenvalue weighted by Crippen LogP contribution is -2.38. The minimum Gasteiger partial charge on any atom is -0.302 e. The van der Waals surface area contributed by atoms with E-state index in [0.717, 1.165) is 48.3 Å². The molecule has 1 aliphatic rings. The number of amides is 1. The number of aryl methyl sites for hydroxylation is 1. The number of rotatable bonds is 9. The van der Waals surface area contributed by atoms with Crippen LogP contribution < -0.4 is 4.90 Å². The number of halogens is 1. The smallest absolute Gasteiger partial charge is 0.260 e. The molecule has 1 aliphatic heterocycles. The number of nitrogens with zero attached hydrogens (tertiary/aromatic N) is 4. The van der Waals surface area contributed by atoms with Crippen LogP contribution >= 0.6 is 23.7 Å². The van der Waals surface area contributed by atoms with E-state index in [0.29, 0.717) is 30.3 Å². The molecule has 1 amide bonds. The molecule has 1 aromatic heterocycles. The normalized spacial score (nSPS) is 14.4. The quantitative estimate of drug-likeness (QED) is 0.393. The standard InChI is InChI=1S/C25H32N4O3S2.ClH/c1-4-27(5-2)16-17-29(25-26-22-13-8-19(3)18-23(22)33-25)24(30)20-9-11-21(12-10-20)34(31,32)28-14-6-7-15-28;/h8-13,18H,4-7,14-17H2,1-3H3;1H. The van der Waals surface area contributed by atoms with Crippen LogP contribution in [0.1, 0.15) is 42.6 Å². The Morgan fingerprint density at radius 1 is 1.03 bits per heavy atom. The van der Waals surface area contributed by atoms with E-state index < -0.39 is 10.0 Å². The predicted octanol–water partition coefficient (Wildman–Crippen LogP) is 4.80. The van der Waals surface area contributed by atoms with Gasteiger partial charge in [0.1, 0.15) is 0 Å². The molecule has 0 atom stereocenters. The van der Waals surface area contributed by atoms with Crippen LogP contribution in [0, 0.1) is 6.92 Å². The van der Waals surface area contributed by atoms with Crippen LogP contribution in [-0.2, 0) is 10.0 Å². The lowest BCUT2D eigenvalue weighted by atomic mass is 10.2. The van der Waals surface area contributed by atoms with Gasteiger partial charge in [0.2, 0.25) is 10.0 Å². The van der Waals surface area contributed by atoms with Gasteiger partial charge in [-0.15, -0.1) is 12.4 Å². The largest absolute Gasteiger partial charge is 0.302 e. The third kappa shape index (κ3) is 6.03. The molecule has 0 radical (unpaired) electrons. The van der Waals surface area contributed by atoms with Crippen LogP contribution in [-0.4, -0.2) is 67.8 Å². The summed E-state index contributed by atoms with van der Waals surface area (Å²) in [5.41, 5.74) is 2.48. The van der Waals surface area contributed by atoms with E-state index in [1.807, 2.05) is 19.1 Å². The average molecular weight is 537 g/mol. The van der Waals surface area contributed by atoms with Crippen LogP contribution in [0.4, 0.5) is 5.13 Å². The van der Waals surface area contributed by atoms with E-state index >= 15 is 0 Å². The number of anilines is 1. The molecule has 190 valence electrons. The maximum absolute atomic E-state index is 13.6. The summed E-state index contributed by atoms with van der Waals surface area (Å²) in [6.45, 7) is 10.4. The Balaban J connectivity index is 0.00000342. The second-order valence-corrected chi connectivity index (χ2v) is 11.5. The number of hydrogen-bond donors (Lipinski definition) is 0. The van der Waals surface area contributed by atoms with Crippen molar-refractivity contribution in [2.75, 3.05) is 44.2 Å². The number of fused-ring (bicyclic) bond motifs is 1. The first-order valence-corrected chi connectivity index (χ1v) is 14.1. The fourth-order valence-corrected chi connectivity index (χ4v) is 6.81. The van der Waals surface area contributed by atoms with Gasteiger partial charge in [0.25, 0.3) is 5.91 Å². The highest BCUT2D eigenvalue weighted by Gasteiger charge is 2.28. The van der Waals surface area contributed by atoms with Crippen LogP contribution in [0.3, 0.4) is 0 Å². The van der Waals surface area contributed by atoms with Crippen molar-refractivity contribution in [3.05, 3.63) is 53.6 Å². The molecule has 4 rings (SSSR count). The van der Waals surface area contributed by atoms with E-state index in [1.54, 1.807) is 29.2 Å². The molecule has 1 fully saturated rings. The molecule has 1 saturated heterocycles. The molecule has 0 bridgehead atoms. The maximum Gasteiger partial charge on any atom is 0.260 e. The zero-order valence-corrected chi connectivity index (χ0v) is 22.9. The van der Waals surface area contributed by atoms with Gasteiger partial charge in [-0.25, -0.2) is 13.4 Å². The SMILES string of the molecule is CCN(CC)CCN(C(=O)c1ccc(S(=O)(=O)N2CCCC2)cc1)c1nc2ccc(C)cc2s1.Cl. The number of sulfonamides is 1. The summed E-state index contributed by atoms with van der Waals surface area (Å²) >= 11 is 1.51. The van der Waals surface area contributed by atoms with Crippen molar-refractivity contribution in [3.8, 4) is 0 Å². The van der Waals surface area contributed by atoms with Gasteiger partial charge in [-0.2, -0.15) is 4.31 Å². The Kier molecular flexibility index (Phi) is 9.28. The van der Waals surface area contributed by atoms with Gasteiger partial charge in [0.15, 0.2) is 5.13 Å². The number of thiazole rings is 1. The monoisotopic (exact) mass is 536 g/mol. The fraction of sp³-hybridized carbons (Fsp3) is 0.440. The van der Waals surface area contributed by atoms with Crippen LogP contribution in [0.25, 0.3) is 10.2 Å². The summed E-state index contributed by atoms with van der Waals surface area (Å²) in [6.07, 6.45) is 1.78.